The highest BCUT2D eigenvalue weighted by molar-refractivity contribution is 7.90. The highest BCUT2D eigenvalue weighted by Gasteiger charge is 2.22. The van der Waals surface area contributed by atoms with Crippen molar-refractivity contribution in [1.82, 2.24) is 4.57 Å². The maximum absolute atomic E-state index is 14.4. The van der Waals surface area contributed by atoms with Gasteiger partial charge in [-0.3, -0.25) is 0 Å². The molecule has 0 unspecified atom stereocenters. The molecule has 0 radical (unpaired) electrons. The van der Waals surface area contributed by atoms with Gasteiger partial charge in [0, 0.05) is 16.8 Å². The zero-order chi connectivity index (χ0) is 18.4. The van der Waals surface area contributed by atoms with E-state index in [4.69, 9.17) is 16.0 Å². The average Bonchev–Trinajstić information content (AvgIpc) is 2.89. The first-order chi connectivity index (χ1) is 11.7. The molecule has 9 heteroatoms. The van der Waals surface area contributed by atoms with Crippen LogP contribution in [0.25, 0.3) is 16.9 Å². The minimum absolute atomic E-state index is 0.0799. The number of oxazole rings is 1. The van der Waals surface area contributed by atoms with Crippen molar-refractivity contribution in [3.63, 3.8) is 0 Å². The molecule has 3 rings (SSSR count). The summed E-state index contributed by atoms with van der Waals surface area (Å²) in [5, 5.41) is 0.329. The first-order valence-corrected chi connectivity index (χ1v) is 9.11. The lowest BCUT2D eigenvalue weighted by Gasteiger charge is -2.09. The van der Waals surface area contributed by atoms with Crippen molar-refractivity contribution < 1.29 is 21.6 Å². The van der Waals surface area contributed by atoms with E-state index in [1.54, 1.807) is 12.1 Å². The molecular formula is C16H10ClF2NO4S. The van der Waals surface area contributed by atoms with Crippen molar-refractivity contribution in [2.45, 2.75) is 4.90 Å². The van der Waals surface area contributed by atoms with Crippen LogP contribution in [0.4, 0.5) is 8.78 Å². The van der Waals surface area contributed by atoms with Crippen LogP contribution in [0.1, 0.15) is 0 Å². The fourth-order valence-electron chi connectivity index (χ4n) is 2.36. The van der Waals surface area contributed by atoms with Crippen LogP contribution in [-0.4, -0.2) is 19.2 Å². The van der Waals surface area contributed by atoms with Crippen molar-refractivity contribution in [2.24, 2.45) is 0 Å². The summed E-state index contributed by atoms with van der Waals surface area (Å²) >= 11 is 5.89. The number of nitrogens with zero attached hydrogens (tertiary/aromatic N) is 1. The van der Waals surface area contributed by atoms with E-state index in [1.165, 1.54) is 12.1 Å². The second-order valence-corrected chi connectivity index (χ2v) is 7.66. The number of hydrogen-bond acceptors (Lipinski definition) is 4. The number of aromatic nitrogens is 1. The first kappa shape index (κ1) is 17.4. The Kier molecular flexibility index (Phi) is 4.26. The van der Waals surface area contributed by atoms with Gasteiger partial charge >= 0.3 is 5.76 Å². The van der Waals surface area contributed by atoms with Crippen molar-refractivity contribution in [3.8, 4) is 16.9 Å². The maximum atomic E-state index is 14.4. The average molecular weight is 386 g/mol. The van der Waals surface area contributed by atoms with Gasteiger partial charge in [-0.05, 0) is 30.3 Å². The number of hydrogen-bond donors (Lipinski definition) is 0. The summed E-state index contributed by atoms with van der Waals surface area (Å²) in [6.45, 7) is 0. The Balaban J connectivity index is 2.26. The molecule has 0 spiro atoms. The standard InChI is InChI=1S/C16H10ClF2NO4S/c1-25(22,23)15-7-12(18)11(6-13(15)19)14-8-24-16(21)20(14)10-4-2-3-9(17)5-10/h2-8H,1H3. The third kappa shape index (κ3) is 3.22. The molecule has 0 aliphatic carbocycles. The van der Waals surface area contributed by atoms with Crippen LogP contribution in [0.2, 0.25) is 5.02 Å². The van der Waals surface area contributed by atoms with E-state index in [0.29, 0.717) is 17.2 Å². The molecule has 0 saturated carbocycles. The molecule has 1 heterocycles. The molecule has 0 aliphatic heterocycles. The van der Waals surface area contributed by atoms with Crippen molar-refractivity contribution in [3.05, 3.63) is 69.9 Å². The molecule has 25 heavy (non-hydrogen) atoms. The molecule has 0 saturated heterocycles. The van der Waals surface area contributed by atoms with E-state index >= 15 is 0 Å². The van der Waals surface area contributed by atoms with E-state index in [9.17, 15) is 22.0 Å². The quantitative estimate of drug-likeness (QED) is 0.692. The topological polar surface area (TPSA) is 69.3 Å². The van der Waals surface area contributed by atoms with Crippen molar-refractivity contribution in [2.75, 3.05) is 6.26 Å². The number of halogens is 3. The highest BCUT2D eigenvalue weighted by atomic mass is 35.5. The monoisotopic (exact) mass is 385 g/mol. The molecular weight excluding hydrogens is 376 g/mol. The van der Waals surface area contributed by atoms with E-state index in [1.807, 2.05) is 0 Å². The molecule has 0 bridgehead atoms. The summed E-state index contributed by atoms with van der Waals surface area (Å²) in [5.41, 5.74) is -0.118. The van der Waals surface area contributed by atoms with E-state index in [-0.39, 0.29) is 16.9 Å². The van der Waals surface area contributed by atoms with Crippen LogP contribution in [0.15, 0.2) is 56.8 Å². The van der Waals surface area contributed by atoms with Gasteiger partial charge in [-0.2, -0.15) is 0 Å². The largest absolute Gasteiger partial charge is 0.424 e. The van der Waals surface area contributed by atoms with E-state index in [2.05, 4.69) is 0 Å². The lowest BCUT2D eigenvalue weighted by molar-refractivity contribution is 0.504. The van der Waals surface area contributed by atoms with E-state index in [0.717, 1.165) is 17.1 Å². The molecule has 0 fully saturated rings. The molecule has 0 atom stereocenters. The molecule has 0 N–H and O–H groups in total. The van der Waals surface area contributed by atoms with Crippen LogP contribution in [0.3, 0.4) is 0 Å². The zero-order valence-electron chi connectivity index (χ0n) is 12.7. The van der Waals surface area contributed by atoms with Gasteiger partial charge in [0.05, 0.1) is 11.4 Å². The van der Waals surface area contributed by atoms with Crippen LogP contribution >= 0.6 is 11.6 Å². The Hall–Kier alpha value is -2.45. The number of rotatable bonds is 3. The zero-order valence-corrected chi connectivity index (χ0v) is 14.2. The van der Waals surface area contributed by atoms with Crippen LogP contribution in [-0.2, 0) is 9.84 Å². The van der Waals surface area contributed by atoms with Crippen molar-refractivity contribution >= 4 is 21.4 Å². The molecule has 130 valence electrons. The second kappa shape index (κ2) is 6.12. The normalized spacial score (nSPS) is 11.7. The second-order valence-electron chi connectivity index (χ2n) is 5.24. The van der Waals surface area contributed by atoms with Gasteiger partial charge in [-0.1, -0.05) is 17.7 Å². The fraction of sp³-hybridized carbons (Fsp3) is 0.0625. The first-order valence-electron chi connectivity index (χ1n) is 6.84. The Morgan fingerprint density at radius 1 is 1.12 bits per heavy atom. The summed E-state index contributed by atoms with van der Waals surface area (Å²) in [6.07, 6.45) is 1.73. The lowest BCUT2D eigenvalue weighted by Crippen LogP contribution is -2.13. The smallest absolute Gasteiger partial charge is 0.415 e. The van der Waals surface area contributed by atoms with Crippen LogP contribution in [0, 0.1) is 11.6 Å². The van der Waals surface area contributed by atoms with Gasteiger partial charge in [0.1, 0.15) is 22.8 Å². The van der Waals surface area contributed by atoms with Gasteiger partial charge < -0.3 is 4.42 Å². The highest BCUT2D eigenvalue weighted by Crippen LogP contribution is 2.29. The summed E-state index contributed by atoms with van der Waals surface area (Å²) in [7, 11) is -3.94. The SMILES string of the molecule is CS(=O)(=O)c1cc(F)c(-c2coc(=O)n2-c2cccc(Cl)c2)cc1F. The van der Waals surface area contributed by atoms with Crippen molar-refractivity contribution in [1.29, 1.82) is 0 Å². The minimum Gasteiger partial charge on any atom is -0.415 e. The molecule has 5 nitrogen and oxygen atoms in total. The predicted molar refractivity (Wildman–Crippen MR) is 87.8 cm³/mol. The Labute approximate surface area is 146 Å². The Morgan fingerprint density at radius 3 is 2.48 bits per heavy atom. The summed E-state index contributed by atoms with van der Waals surface area (Å²) < 4.78 is 57.3. The third-order valence-corrected chi connectivity index (χ3v) is 4.81. The van der Waals surface area contributed by atoms with Gasteiger partial charge in [0.25, 0.3) is 0 Å². The molecule has 1 aromatic heterocycles. The van der Waals surface area contributed by atoms with Crippen LogP contribution in [0.5, 0.6) is 0 Å². The summed E-state index contributed by atoms with van der Waals surface area (Å²) in [4.78, 5) is 11.2. The summed E-state index contributed by atoms with van der Waals surface area (Å²) in [6, 6.07) is 7.41. The minimum atomic E-state index is -3.94. The molecule has 0 amide bonds. The summed E-state index contributed by atoms with van der Waals surface area (Å²) in [5.74, 6) is -2.98. The Bertz CT molecular complexity index is 1140. The van der Waals surface area contributed by atoms with Gasteiger partial charge in [-0.15, -0.1) is 0 Å². The maximum Gasteiger partial charge on any atom is 0.424 e. The molecule has 0 aliphatic rings. The predicted octanol–water partition coefficient (Wildman–Crippen LogP) is 3.43. The Morgan fingerprint density at radius 2 is 1.84 bits per heavy atom. The number of benzene rings is 2. The van der Waals surface area contributed by atoms with Gasteiger partial charge in [0.15, 0.2) is 9.84 Å². The van der Waals surface area contributed by atoms with Gasteiger partial charge in [-0.25, -0.2) is 26.6 Å². The lowest BCUT2D eigenvalue weighted by atomic mass is 10.1. The van der Waals surface area contributed by atoms with E-state index < -0.39 is 32.1 Å². The third-order valence-electron chi connectivity index (χ3n) is 3.46. The molecule has 3 aromatic rings. The number of sulfone groups is 1. The molecule has 2 aromatic carbocycles. The van der Waals surface area contributed by atoms with Crippen LogP contribution < -0.4 is 5.76 Å². The van der Waals surface area contributed by atoms with Gasteiger partial charge in [0.2, 0.25) is 0 Å². The fourth-order valence-corrected chi connectivity index (χ4v) is 3.28.